The van der Waals surface area contributed by atoms with E-state index < -0.39 is 35.7 Å². The minimum absolute atomic E-state index is 0.173. The molecule has 0 bridgehead atoms. The lowest BCUT2D eigenvalue weighted by atomic mass is 9.77. The topological polar surface area (TPSA) is 128 Å². The fraction of sp³-hybridized carbons (Fsp3) is 0.778. The molecule has 0 spiro atoms. The van der Waals surface area contributed by atoms with Gasteiger partial charge < -0.3 is 44.3 Å². The highest BCUT2D eigenvalue weighted by atomic mass is 16.6. The van der Waals surface area contributed by atoms with Gasteiger partial charge in [0.05, 0.1) is 32.0 Å². The third-order valence-electron chi connectivity index (χ3n) is 9.12. The van der Waals surface area contributed by atoms with Gasteiger partial charge in [-0.15, -0.1) is 0 Å². The number of aliphatic hydroxyl groups is 1. The normalized spacial score (nSPS) is 17.8. The lowest BCUT2D eigenvalue weighted by Gasteiger charge is -2.36. The first-order valence-electron chi connectivity index (χ1n) is 17.2. The van der Waals surface area contributed by atoms with Crippen LogP contribution in [0.4, 0.5) is 4.79 Å². The number of carbonyl (C=O) groups excluding carboxylic acids is 2. The Hall–Kier alpha value is -2.60. The van der Waals surface area contributed by atoms with Crippen molar-refractivity contribution in [2.24, 2.45) is 17.8 Å². The van der Waals surface area contributed by atoms with E-state index in [1.165, 1.54) is 0 Å². The highest BCUT2D eigenvalue weighted by Gasteiger charge is 2.38. The molecular weight excluding hydrogens is 602 g/mol. The van der Waals surface area contributed by atoms with Gasteiger partial charge in [0, 0.05) is 65.3 Å². The maximum atomic E-state index is 13.8. The molecule has 1 aromatic carbocycles. The number of likely N-dealkylation sites (tertiary alicyclic amines) is 1. The molecule has 0 radical (unpaired) electrons. The van der Waals surface area contributed by atoms with Crippen LogP contribution in [0.5, 0.6) is 11.5 Å². The minimum Gasteiger partial charge on any atom is -0.493 e. The van der Waals surface area contributed by atoms with Gasteiger partial charge >= 0.3 is 6.09 Å². The van der Waals surface area contributed by atoms with Crippen LogP contribution in [-0.2, 0) is 19.0 Å². The van der Waals surface area contributed by atoms with Gasteiger partial charge in [0.1, 0.15) is 5.60 Å². The van der Waals surface area contributed by atoms with Gasteiger partial charge in [-0.2, -0.15) is 0 Å². The smallest absolute Gasteiger partial charge is 0.407 e. The van der Waals surface area contributed by atoms with E-state index in [-0.39, 0.29) is 11.8 Å². The van der Waals surface area contributed by atoms with E-state index in [9.17, 15) is 14.7 Å². The molecule has 270 valence electrons. The number of amides is 2. The Kier molecular flexibility index (Phi) is 17.3. The third kappa shape index (κ3) is 13.8. The molecule has 0 saturated carbocycles. The van der Waals surface area contributed by atoms with Crippen LogP contribution in [0.25, 0.3) is 0 Å². The lowest BCUT2D eigenvalue weighted by molar-refractivity contribution is -0.126. The van der Waals surface area contributed by atoms with Gasteiger partial charge in [0.2, 0.25) is 5.91 Å². The number of methoxy groups -OCH3 is 3. The first-order chi connectivity index (χ1) is 22.2. The highest BCUT2D eigenvalue weighted by Crippen LogP contribution is 2.37. The van der Waals surface area contributed by atoms with E-state index in [0.717, 1.165) is 32.5 Å². The summed E-state index contributed by atoms with van der Waals surface area (Å²) in [7, 11) is 4.97. The number of rotatable bonds is 19. The maximum absolute atomic E-state index is 13.8. The van der Waals surface area contributed by atoms with Gasteiger partial charge in [-0.25, -0.2) is 4.79 Å². The van der Waals surface area contributed by atoms with E-state index >= 15 is 0 Å². The molecule has 1 aromatic rings. The molecule has 1 fully saturated rings. The molecule has 1 aliphatic heterocycles. The molecule has 1 heterocycles. The van der Waals surface area contributed by atoms with Gasteiger partial charge in [0.25, 0.3) is 0 Å². The van der Waals surface area contributed by atoms with E-state index in [0.29, 0.717) is 61.7 Å². The summed E-state index contributed by atoms with van der Waals surface area (Å²) < 4.78 is 27.9. The summed E-state index contributed by atoms with van der Waals surface area (Å²) in [6.45, 7) is 17.6. The van der Waals surface area contributed by atoms with Crippen molar-refractivity contribution in [3.05, 3.63) is 23.8 Å². The number of aliphatic hydroxyl groups excluding tert-OH is 1. The van der Waals surface area contributed by atoms with Crippen molar-refractivity contribution >= 4 is 12.0 Å². The second-order valence-electron chi connectivity index (χ2n) is 14.2. The van der Waals surface area contributed by atoms with Crippen molar-refractivity contribution in [2.75, 3.05) is 60.7 Å². The summed E-state index contributed by atoms with van der Waals surface area (Å²) in [5, 5.41) is 18.3. The molecule has 5 atom stereocenters. The van der Waals surface area contributed by atoms with Gasteiger partial charge in [-0.05, 0) is 69.6 Å². The van der Waals surface area contributed by atoms with E-state index in [1.807, 2.05) is 19.1 Å². The summed E-state index contributed by atoms with van der Waals surface area (Å²) >= 11 is 0. The Morgan fingerprint density at radius 3 is 2.28 bits per heavy atom. The highest BCUT2D eigenvalue weighted by molar-refractivity contribution is 5.79. The van der Waals surface area contributed by atoms with Gasteiger partial charge in [0.15, 0.2) is 11.5 Å². The zero-order valence-corrected chi connectivity index (χ0v) is 30.6. The molecule has 2 rings (SSSR count). The Morgan fingerprint density at radius 1 is 1.02 bits per heavy atom. The van der Waals surface area contributed by atoms with Crippen LogP contribution in [0, 0.1) is 17.8 Å². The second kappa shape index (κ2) is 20.0. The van der Waals surface area contributed by atoms with E-state index in [2.05, 4.69) is 36.3 Å². The largest absolute Gasteiger partial charge is 0.493 e. The molecule has 11 nitrogen and oxygen atoms in total. The monoisotopic (exact) mass is 665 g/mol. The van der Waals surface area contributed by atoms with Crippen LogP contribution >= 0.6 is 0 Å². The molecule has 1 saturated heterocycles. The Bertz CT molecular complexity index is 1070. The average Bonchev–Trinajstić information content (AvgIpc) is 3.02. The van der Waals surface area contributed by atoms with Crippen LogP contribution in [0.15, 0.2) is 18.2 Å². The minimum atomic E-state index is -1.12. The predicted octanol–water partition coefficient (Wildman–Crippen LogP) is 4.99. The van der Waals surface area contributed by atoms with E-state index in [1.54, 1.807) is 48.2 Å². The number of hydrogen-bond donors (Lipinski definition) is 3. The fourth-order valence-corrected chi connectivity index (χ4v) is 5.88. The standard InChI is InChI=1S/C36H63N3O8/c1-24(2)25(3)22-29(38-35(42)47-36(5,6)7)33(40)32(27-12-13-30(45-10)31(23-27)46-21-11-20-43-8)26(4)34(41)37-16-19-39-17-14-28(44-9)15-18-39/h12-13,23-26,28-29,32-33,40H,11,14-22H2,1-10H3,(H,37,41)(H,38,42)/t25-,26+,29-,32?,33+/m0/s1. The summed E-state index contributed by atoms with van der Waals surface area (Å²) in [5.74, 6) is 0.0454. The summed E-state index contributed by atoms with van der Waals surface area (Å²) in [4.78, 5) is 29.2. The molecule has 11 heteroatoms. The van der Waals surface area contributed by atoms with E-state index in [4.69, 9.17) is 23.7 Å². The zero-order valence-electron chi connectivity index (χ0n) is 30.6. The summed E-state index contributed by atoms with van der Waals surface area (Å²) in [5.41, 5.74) is -0.00260. The number of ether oxygens (including phenoxy) is 5. The first kappa shape index (κ1) is 40.6. The molecule has 1 aliphatic rings. The maximum Gasteiger partial charge on any atom is 0.407 e. The summed E-state index contributed by atoms with van der Waals surface area (Å²) in [6.07, 6.45) is 1.70. The van der Waals surface area contributed by atoms with Crippen molar-refractivity contribution in [1.29, 1.82) is 0 Å². The van der Waals surface area contributed by atoms with Gasteiger partial charge in [-0.3, -0.25) is 4.79 Å². The Labute approximate surface area is 283 Å². The van der Waals surface area contributed by atoms with Crippen LogP contribution < -0.4 is 20.1 Å². The van der Waals surface area contributed by atoms with Crippen molar-refractivity contribution in [2.45, 2.75) is 104 Å². The average molecular weight is 666 g/mol. The number of alkyl carbamates (subject to hydrolysis) is 1. The fourth-order valence-electron chi connectivity index (χ4n) is 5.88. The molecular formula is C36H63N3O8. The van der Waals surface area contributed by atoms with Crippen LogP contribution in [0.1, 0.15) is 85.6 Å². The summed E-state index contributed by atoms with van der Waals surface area (Å²) in [6, 6.07) is 4.80. The molecule has 1 unspecified atom stereocenters. The Balaban J connectivity index is 2.40. The lowest BCUT2D eigenvalue weighted by Crippen LogP contribution is -2.51. The number of piperidine rings is 1. The third-order valence-corrected chi connectivity index (χ3v) is 9.12. The van der Waals surface area contributed by atoms with Crippen molar-refractivity contribution in [3.8, 4) is 11.5 Å². The number of carbonyl (C=O) groups is 2. The second-order valence-corrected chi connectivity index (χ2v) is 14.2. The first-order valence-corrected chi connectivity index (χ1v) is 17.2. The molecule has 2 amide bonds. The zero-order chi connectivity index (χ0) is 35.1. The van der Waals surface area contributed by atoms with Crippen LogP contribution in [0.3, 0.4) is 0 Å². The van der Waals surface area contributed by atoms with Crippen molar-refractivity contribution < 1.29 is 38.4 Å². The SMILES string of the molecule is COCCCOc1cc(C([C@@H](C)C(=O)NCCN2CCC(OC)CC2)[C@H](O)[C@H](C[C@H](C)C(C)C)NC(=O)OC(C)(C)C)ccc1OC. The number of benzene rings is 1. The molecule has 47 heavy (non-hydrogen) atoms. The number of hydrogen-bond acceptors (Lipinski definition) is 9. The van der Waals surface area contributed by atoms with Crippen molar-refractivity contribution in [1.82, 2.24) is 15.5 Å². The molecule has 0 aromatic heterocycles. The molecule has 0 aliphatic carbocycles. The predicted molar refractivity (Wildman–Crippen MR) is 184 cm³/mol. The molecule has 3 N–H and O–H groups in total. The van der Waals surface area contributed by atoms with Gasteiger partial charge in [-0.1, -0.05) is 33.8 Å². The number of nitrogens with zero attached hydrogens (tertiary/aromatic N) is 1. The Morgan fingerprint density at radius 2 is 1.70 bits per heavy atom. The number of nitrogens with one attached hydrogen (secondary N) is 2. The quantitative estimate of drug-likeness (QED) is 0.175. The van der Waals surface area contributed by atoms with Crippen LogP contribution in [-0.4, -0.2) is 107 Å². The van der Waals surface area contributed by atoms with Crippen LogP contribution in [0.2, 0.25) is 0 Å². The van der Waals surface area contributed by atoms with Crippen molar-refractivity contribution in [3.63, 3.8) is 0 Å².